The molecule has 0 aromatic heterocycles. The second kappa shape index (κ2) is 6.68. The summed E-state index contributed by atoms with van der Waals surface area (Å²) < 4.78 is 21.6. The highest BCUT2D eigenvalue weighted by Crippen LogP contribution is 2.50. The van der Waals surface area contributed by atoms with E-state index in [2.05, 4.69) is 0 Å². The van der Waals surface area contributed by atoms with Crippen LogP contribution in [0.3, 0.4) is 0 Å². The van der Waals surface area contributed by atoms with Crippen LogP contribution in [0.15, 0.2) is 30.3 Å². The molecule has 142 valence electrons. The van der Waals surface area contributed by atoms with E-state index in [4.69, 9.17) is 18.9 Å². The topological polar surface area (TPSA) is 74.2 Å². The first-order valence-corrected chi connectivity index (χ1v) is 8.85. The van der Waals surface area contributed by atoms with E-state index in [-0.39, 0.29) is 29.5 Å². The van der Waals surface area contributed by atoms with Crippen LogP contribution in [-0.4, -0.2) is 39.0 Å². The Labute approximate surface area is 157 Å². The molecule has 0 spiro atoms. The van der Waals surface area contributed by atoms with E-state index in [1.807, 2.05) is 18.2 Å². The maximum Gasteiger partial charge on any atom is 0.310 e. The van der Waals surface area contributed by atoms with Gasteiger partial charge in [-0.05, 0) is 47.4 Å². The van der Waals surface area contributed by atoms with E-state index in [9.17, 15) is 9.90 Å². The molecule has 0 saturated carbocycles. The van der Waals surface area contributed by atoms with E-state index in [1.165, 1.54) is 7.11 Å². The summed E-state index contributed by atoms with van der Waals surface area (Å²) in [6, 6.07) is 9.14. The van der Waals surface area contributed by atoms with Gasteiger partial charge in [0.2, 0.25) is 0 Å². The number of carbonyl (C=O) groups is 1. The van der Waals surface area contributed by atoms with Crippen LogP contribution in [0.4, 0.5) is 0 Å². The van der Waals surface area contributed by atoms with Gasteiger partial charge in [0, 0.05) is 11.8 Å². The molecule has 2 aromatic rings. The van der Waals surface area contributed by atoms with Crippen LogP contribution in [0.25, 0.3) is 0 Å². The number of carbonyl (C=O) groups excluding carboxylic acids is 1. The van der Waals surface area contributed by atoms with Gasteiger partial charge in [0.15, 0.2) is 23.0 Å². The second-order valence-electron chi connectivity index (χ2n) is 6.93. The third-order valence-corrected chi connectivity index (χ3v) is 5.60. The predicted molar refractivity (Wildman–Crippen MR) is 97.7 cm³/mol. The van der Waals surface area contributed by atoms with Crippen molar-refractivity contribution < 1.29 is 28.8 Å². The van der Waals surface area contributed by atoms with Crippen molar-refractivity contribution in [1.82, 2.24) is 0 Å². The summed E-state index contributed by atoms with van der Waals surface area (Å²) in [6.45, 7) is 0.420. The first-order chi connectivity index (χ1) is 13.1. The summed E-state index contributed by atoms with van der Waals surface area (Å²) >= 11 is 0. The molecule has 27 heavy (non-hydrogen) atoms. The van der Waals surface area contributed by atoms with Gasteiger partial charge in [0.05, 0.1) is 33.9 Å². The lowest BCUT2D eigenvalue weighted by atomic mass is 9.67. The molecule has 0 bridgehead atoms. The van der Waals surface area contributed by atoms with Gasteiger partial charge in [-0.25, -0.2) is 0 Å². The summed E-state index contributed by atoms with van der Waals surface area (Å²) in [5, 5.41) is 9.97. The monoisotopic (exact) mass is 370 g/mol. The molecule has 4 rings (SSSR count). The van der Waals surface area contributed by atoms with Crippen molar-refractivity contribution in [3.63, 3.8) is 0 Å². The number of cyclic esters (lactones) is 1. The Morgan fingerprint density at radius 1 is 1.00 bits per heavy atom. The third kappa shape index (κ3) is 2.76. The Kier molecular flexibility index (Phi) is 4.34. The number of benzene rings is 2. The first kappa shape index (κ1) is 17.5. The Hall–Kier alpha value is -2.89. The normalized spacial score (nSPS) is 23.2. The van der Waals surface area contributed by atoms with Gasteiger partial charge in [-0.1, -0.05) is 6.07 Å². The van der Waals surface area contributed by atoms with Crippen molar-refractivity contribution >= 4 is 5.97 Å². The van der Waals surface area contributed by atoms with Gasteiger partial charge in [-0.15, -0.1) is 0 Å². The number of rotatable bonds is 4. The zero-order valence-electron chi connectivity index (χ0n) is 15.5. The number of hydrogen-bond acceptors (Lipinski definition) is 6. The standard InChI is InChI=1S/C21H22O6/c1-24-16-7-11(4-5-15(16)22)19-14-9-18(26-3)17(25-2)8-12(14)6-13-10-27-21(23)20(13)19/h4-5,7-9,13,19-20,22H,6,10H2,1-3H3/t13-,19-,20-/m0/s1. The minimum atomic E-state index is -0.273. The van der Waals surface area contributed by atoms with Crippen LogP contribution >= 0.6 is 0 Å². The molecular formula is C21H22O6. The molecular weight excluding hydrogens is 348 g/mol. The maximum absolute atomic E-state index is 12.5. The maximum atomic E-state index is 12.5. The Balaban J connectivity index is 1.91. The molecule has 1 heterocycles. The van der Waals surface area contributed by atoms with Crippen LogP contribution in [-0.2, 0) is 16.0 Å². The highest BCUT2D eigenvalue weighted by Gasteiger charge is 2.47. The molecule has 2 aliphatic rings. The van der Waals surface area contributed by atoms with Gasteiger partial charge in [0.1, 0.15) is 0 Å². The largest absolute Gasteiger partial charge is 0.504 e. The Morgan fingerprint density at radius 3 is 2.41 bits per heavy atom. The lowest BCUT2D eigenvalue weighted by Crippen LogP contribution is -2.31. The van der Waals surface area contributed by atoms with Crippen LogP contribution < -0.4 is 14.2 Å². The van der Waals surface area contributed by atoms with E-state index in [1.54, 1.807) is 26.4 Å². The molecule has 6 nitrogen and oxygen atoms in total. The Bertz CT molecular complexity index is 890. The van der Waals surface area contributed by atoms with E-state index in [0.29, 0.717) is 23.9 Å². The van der Waals surface area contributed by atoms with Crippen molar-refractivity contribution in [3.05, 3.63) is 47.0 Å². The van der Waals surface area contributed by atoms with Gasteiger partial charge in [-0.3, -0.25) is 4.79 Å². The van der Waals surface area contributed by atoms with Gasteiger partial charge in [-0.2, -0.15) is 0 Å². The summed E-state index contributed by atoms with van der Waals surface area (Å²) in [4.78, 5) is 12.5. The molecule has 0 unspecified atom stereocenters. The average Bonchev–Trinajstić information content (AvgIpc) is 3.06. The average molecular weight is 370 g/mol. The van der Waals surface area contributed by atoms with Crippen molar-refractivity contribution in [2.24, 2.45) is 11.8 Å². The molecule has 1 saturated heterocycles. The quantitative estimate of drug-likeness (QED) is 0.835. The van der Waals surface area contributed by atoms with Crippen molar-refractivity contribution in [2.45, 2.75) is 12.3 Å². The van der Waals surface area contributed by atoms with Crippen LogP contribution in [0.2, 0.25) is 0 Å². The number of methoxy groups -OCH3 is 3. The molecule has 0 radical (unpaired) electrons. The molecule has 1 N–H and O–H groups in total. The minimum Gasteiger partial charge on any atom is -0.504 e. The number of fused-ring (bicyclic) bond motifs is 2. The van der Waals surface area contributed by atoms with Crippen LogP contribution in [0.1, 0.15) is 22.6 Å². The number of phenols is 1. The van der Waals surface area contributed by atoms with Crippen molar-refractivity contribution in [1.29, 1.82) is 0 Å². The molecule has 1 aliphatic heterocycles. The fraction of sp³-hybridized carbons (Fsp3) is 0.381. The Morgan fingerprint density at radius 2 is 1.70 bits per heavy atom. The molecule has 2 aromatic carbocycles. The molecule has 1 fully saturated rings. The number of esters is 1. The zero-order valence-corrected chi connectivity index (χ0v) is 15.5. The zero-order chi connectivity index (χ0) is 19.1. The predicted octanol–water partition coefficient (Wildman–Crippen LogP) is 2.90. The van der Waals surface area contributed by atoms with Gasteiger partial charge < -0.3 is 24.1 Å². The van der Waals surface area contributed by atoms with E-state index < -0.39 is 0 Å². The summed E-state index contributed by atoms with van der Waals surface area (Å²) in [5.41, 5.74) is 3.02. The summed E-state index contributed by atoms with van der Waals surface area (Å²) in [6.07, 6.45) is 0.748. The SMILES string of the molecule is COc1cc([C@H]2c3cc(OC)c(OC)cc3C[C@H]3COC(=O)[C@@H]32)ccc1O. The van der Waals surface area contributed by atoms with Gasteiger partial charge >= 0.3 is 5.97 Å². The molecule has 1 aliphatic carbocycles. The lowest BCUT2D eigenvalue weighted by molar-refractivity contribution is -0.141. The second-order valence-corrected chi connectivity index (χ2v) is 6.93. The highest BCUT2D eigenvalue weighted by atomic mass is 16.5. The number of aromatic hydroxyl groups is 1. The summed E-state index contributed by atoms with van der Waals surface area (Å²) in [5.74, 6) is 1.18. The lowest BCUT2D eigenvalue weighted by Gasteiger charge is -2.34. The number of hydrogen-bond donors (Lipinski definition) is 1. The summed E-state index contributed by atoms with van der Waals surface area (Å²) in [7, 11) is 4.72. The number of ether oxygens (including phenoxy) is 4. The van der Waals surface area contributed by atoms with Crippen molar-refractivity contribution in [3.8, 4) is 23.0 Å². The molecule has 6 heteroatoms. The number of phenolic OH excluding ortho intramolecular Hbond substituents is 1. The van der Waals surface area contributed by atoms with Crippen LogP contribution in [0.5, 0.6) is 23.0 Å². The third-order valence-electron chi connectivity index (χ3n) is 5.60. The first-order valence-electron chi connectivity index (χ1n) is 8.85. The van der Waals surface area contributed by atoms with Crippen LogP contribution in [0, 0.1) is 11.8 Å². The minimum absolute atomic E-state index is 0.0649. The van der Waals surface area contributed by atoms with E-state index >= 15 is 0 Å². The highest BCUT2D eigenvalue weighted by molar-refractivity contribution is 5.78. The molecule has 0 amide bonds. The van der Waals surface area contributed by atoms with E-state index in [0.717, 1.165) is 23.1 Å². The van der Waals surface area contributed by atoms with Gasteiger partial charge in [0.25, 0.3) is 0 Å². The smallest absolute Gasteiger partial charge is 0.310 e. The molecule has 3 atom stereocenters. The fourth-order valence-corrected chi connectivity index (χ4v) is 4.33. The fourth-order valence-electron chi connectivity index (χ4n) is 4.33. The van der Waals surface area contributed by atoms with Crippen molar-refractivity contribution in [2.75, 3.05) is 27.9 Å².